The summed E-state index contributed by atoms with van der Waals surface area (Å²) in [6.07, 6.45) is 2.58. The largest absolute Gasteiger partial charge is 0.494 e. The van der Waals surface area contributed by atoms with E-state index in [0.29, 0.717) is 53.6 Å². The number of nitrogens with one attached hydrogen (secondary N) is 2. The summed E-state index contributed by atoms with van der Waals surface area (Å²) < 4.78 is 12.7. The van der Waals surface area contributed by atoms with E-state index in [4.69, 9.17) is 15.2 Å². The van der Waals surface area contributed by atoms with Crippen molar-refractivity contribution in [3.63, 3.8) is 0 Å². The molecule has 2 amide bonds. The monoisotopic (exact) mass is 455 g/mol. The zero-order chi connectivity index (χ0) is 24.0. The number of unbranched alkanes of at least 4 members (excludes halogenated alkanes) is 1. The molecule has 3 rings (SSSR count). The van der Waals surface area contributed by atoms with Gasteiger partial charge in [-0.15, -0.1) is 5.10 Å². The molecule has 3 aromatic rings. The molecule has 0 aliphatic carbocycles. The molecule has 1 aromatic carbocycles. The van der Waals surface area contributed by atoms with Gasteiger partial charge in [-0.1, -0.05) is 0 Å². The molecule has 0 saturated heterocycles. The molecule has 2 heterocycles. The van der Waals surface area contributed by atoms with Crippen molar-refractivity contribution < 1.29 is 19.1 Å². The van der Waals surface area contributed by atoms with Gasteiger partial charge in [0, 0.05) is 24.8 Å². The number of anilines is 2. The number of hydrogen-bond acceptors (Lipinski definition) is 8. The number of nitrogens with two attached hydrogens (primary N) is 1. The van der Waals surface area contributed by atoms with Gasteiger partial charge in [0.2, 0.25) is 11.9 Å². The summed E-state index contributed by atoms with van der Waals surface area (Å²) in [5, 5.41) is 13.8. The molecule has 0 spiro atoms. The van der Waals surface area contributed by atoms with Crippen molar-refractivity contribution in [3.05, 3.63) is 36.0 Å². The number of carbonyl (C=O) groups excluding carboxylic acids is 2. The summed E-state index contributed by atoms with van der Waals surface area (Å²) in [4.78, 5) is 28.2. The Morgan fingerprint density at radius 1 is 1.21 bits per heavy atom. The average molecular weight is 456 g/mol. The number of nitrogens with zero attached hydrogens (tertiary/aromatic N) is 4. The second-order valence-corrected chi connectivity index (χ2v) is 8.37. The first-order chi connectivity index (χ1) is 15.7. The lowest BCUT2D eigenvalue weighted by molar-refractivity contribution is 0.0526. The van der Waals surface area contributed by atoms with Gasteiger partial charge in [0.1, 0.15) is 16.9 Å². The van der Waals surface area contributed by atoms with Gasteiger partial charge in [-0.05, 0) is 57.9 Å². The molecule has 0 fully saturated rings. The van der Waals surface area contributed by atoms with Crippen molar-refractivity contribution in [2.24, 2.45) is 5.73 Å². The van der Waals surface area contributed by atoms with E-state index in [9.17, 15) is 9.59 Å². The molecule has 0 unspecified atom stereocenters. The molecule has 0 atom stereocenters. The Kier molecular flexibility index (Phi) is 7.31. The SMILES string of the molecule is COc1cc(C(N)=O)cc2nc(Nc3cccnn3)n(CCCCNC(=O)OC(C)(C)C)c12. The third-order valence-corrected chi connectivity index (χ3v) is 4.60. The van der Waals surface area contributed by atoms with Crippen molar-refractivity contribution in [2.75, 3.05) is 19.0 Å². The fourth-order valence-corrected chi connectivity index (χ4v) is 3.22. The number of methoxy groups -OCH3 is 1. The number of ether oxygens (including phenoxy) is 2. The molecule has 11 heteroatoms. The van der Waals surface area contributed by atoms with Crippen molar-refractivity contribution >= 4 is 34.8 Å². The van der Waals surface area contributed by atoms with Crippen molar-refractivity contribution in [1.82, 2.24) is 25.1 Å². The zero-order valence-electron chi connectivity index (χ0n) is 19.2. The van der Waals surface area contributed by atoms with Gasteiger partial charge < -0.3 is 30.4 Å². The average Bonchev–Trinajstić information content (AvgIpc) is 3.09. The van der Waals surface area contributed by atoms with Gasteiger partial charge in [-0.3, -0.25) is 4.79 Å². The van der Waals surface area contributed by atoms with Crippen LogP contribution in [0, 0.1) is 0 Å². The van der Waals surface area contributed by atoms with E-state index in [1.807, 2.05) is 25.3 Å². The maximum absolute atomic E-state index is 11.8. The Hall–Kier alpha value is -3.89. The summed E-state index contributed by atoms with van der Waals surface area (Å²) in [6, 6.07) is 6.76. The molecule has 2 aromatic heterocycles. The summed E-state index contributed by atoms with van der Waals surface area (Å²) in [7, 11) is 1.53. The molecule has 11 nitrogen and oxygen atoms in total. The van der Waals surface area contributed by atoms with Crippen LogP contribution in [0.3, 0.4) is 0 Å². The number of primary amides is 1. The molecule has 176 valence electrons. The number of benzene rings is 1. The van der Waals surface area contributed by atoms with Crippen LogP contribution in [-0.2, 0) is 11.3 Å². The van der Waals surface area contributed by atoms with Gasteiger partial charge in [-0.2, -0.15) is 5.10 Å². The lowest BCUT2D eigenvalue weighted by atomic mass is 10.1. The van der Waals surface area contributed by atoms with Crippen molar-refractivity contribution in [3.8, 4) is 5.75 Å². The molecule has 0 bridgehead atoms. The third-order valence-electron chi connectivity index (χ3n) is 4.60. The molecule has 0 radical (unpaired) electrons. The van der Waals surface area contributed by atoms with Gasteiger partial charge in [-0.25, -0.2) is 9.78 Å². The Balaban J connectivity index is 1.81. The molecule has 0 aliphatic heterocycles. The van der Waals surface area contributed by atoms with Crippen molar-refractivity contribution in [1.29, 1.82) is 0 Å². The first-order valence-electron chi connectivity index (χ1n) is 10.6. The summed E-state index contributed by atoms with van der Waals surface area (Å²) in [5.41, 5.74) is 6.50. The lowest BCUT2D eigenvalue weighted by Crippen LogP contribution is -2.33. The van der Waals surface area contributed by atoms with Gasteiger partial charge in [0.15, 0.2) is 5.82 Å². The molecule has 0 aliphatic rings. The van der Waals surface area contributed by atoms with Gasteiger partial charge in [0.05, 0.1) is 12.6 Å². The maximum Gasteiger partial charge on any atom is 0.407 e. The number of carbonyl (C=O) groups is 2. The topological polar surface area (TPSA) is 146 Å². The van der Waals surface area contributed by atoms with E-state index in [0.717, 1.165) is 6.42 Å². The third kappa shape index (κ3) is 6.31. The van der Waals surface area contributed by atoms with Crippen LogP contribution in [0.15, 0.2) is 30.5 Å². The molecule has 0 saturated carbocycles. The quantitative estimate of drug-likeness (QED) is 0.417. The summed E-state index contributed by atoms with van der Waals surface area (Å²) in [6.45, 7) is 6.50. The number of fused-ring (bicyclic) bond motifs is 1. The molecular weight excluding hydrogens is 426 g/mol. The first-order valence-corrected chi connectivity index (χ1v) is 10.6. The van der Waals surface area contributed by atoms with Crippen LogP contribution in [0.2, 0.25) is 0 Å². The number of rotatable bonds is 9. The van der Waals surface area contributed by atoms with E-state index < -0.39 is 17.6 Å². The Labute approximate surface area is 191 Å². The van der Waals surface area contributed by atoms with Gasteiger partial charge >= 0.3 is 6.09 Å². The fourth-order valence-electron chi connectivity index (χ4n) is 3.22. The number of aryl methyl sites for hydroxylation is 1. The number of imidazole rings is 1. The molecular formula is C22H29N7O4. The predicted octanol–water partition coefficient (Wildman–Crippen LogP) is 2.98. The van der Waals surface area contributed by atoms with Crippen molar-refractivity contribution in [2.45, 2.75) is 45.8 Å². The van der Waals surface area contributed by atoms with E-state index in [1.165, 1.54) is 7.11 Å². The first kappa shape index (κ1) is 23.8. The van der Waals surface area contributed by atoms with Crippen LogP contribution < -0.4 is 21.1 Å². The number of alkyl carbamates (subject to hydrolysis) is 1. The van der Waals surface area contributed by atoms with Crippen LogP contribution in [-0.4, -0.2) is 51.0 Å². The number of aromatic nitrogens is 4. The highest BCUT2D eigenvalue weighted by Crippen LogP contribution is 2.31. The number of amides is 2. The predicted molar refractivity (Wildman–Crippen MR) is 124 cm³/mol. The lowest BCUT2D eigenvalue weighted by Gasteiger charge is -2.19. The van der Waals surface area contributed by atoms with Crippen LogP contribution in [0.1, 0.15) is 44.0 Å². The normalized spacial score (nSPS) is 11.3. The highest BCUT2D eigenvalue weighted by molar-refractivity contribution is 5.99. The van der Waals surface area contributed by atoms with E-state index in [-0.39, 0.29) is 0 Å². The van der Waals surface area contributed by atoms with E-state index >= 15 is 0 Å². The Bertz CT molecular complexity index is 1120. The summed E-state index contributed by atoms with van der Waals surface area (Å²) >= 11 is 0. The fraction of sp³-hybridized carbons (Fsp3) is 0.409. The molecule has 33 heavy (non-hydrogen) atoms. The minimum atomic E-state index is -0.568. The second-order valence-electron chi connectivity index (χ2n) is 8.37. The second kappa shape index (κ2) is 10.2. The highest BCUT2D eigenvalue weighted by Gasteiger charge is 2.19. The van der Waals surface area contributed by atoms with E-state index in [2.05, 4.69) is 25.8 Å². The maximum atomic E-state index is 11.8. The Morgan fingerprint density at radius 3 is 2.64 bits per heavy atom. The van der Waals surface area contributed by atoms with E-state index in [1.54, 1.807) is 30.5 Å². The molecule has 4 N–H and O–H groups in total. The standard InChI is InChI=1S/C22H29N7O4/c1-22(2,3)33-21(31)24-9-5-6-11-29-18-15(12-14(19(23)30)13-16(18)32-4)26-20(29)27-17-8-7-10-25-28-17/h7-8,10,12-13H,5-6,9,11H2,1-4H3,(H2,23,30)(H,24,31)(H,26,27,28). The minimum Gasteiger partial charge on any atom is -0.494 e. The highest BCUT2D eigenvalue weighted by atomic mass is 16.6. The zero-order valence-corrected chi connectivity index (χ0v) is 19.2. The van der Waals surface area contributed by atoms with Crippen LogP contribution in [0.25, 0.3) is 11.0 Å². The van der Waals surface area contributed by atoms with Crippen LogP contribution >= 0.6 is 0 Å². The smallest absolute Gasteiger partial charge is 0.407 e. The van der Waals surface area contributed by atoms with Crippen LogP contribution in [0.4, 0.5) is 16.6 Å². The number of hydrogen-bond donors (Lipinski definition) is 3. The van der Waals surface area contributed by atoms with Gasteiger partial charge in [0.25, 0.3) is 0 Å². The Morgan fingerprint density at radius 2 is 2.00 bits per heavy atom. The van der Waals surface area contributed by atoms with Crippen LogP contribution in [0.5, 0.6) is 5.75 Å². The summed E-state index contributed by atoms with van der Waals surface area (Å²) in [5.74, 6) is 0.953. The minimum absolute atomic E-state index is 0.302.